The summed E-state index contributed by atoms with van der Waals surface area (Å²) in [5.74, 6) is -0.215. The lowest BCUT2D eigenvalue weighted by Crippen LogP contribution is -2.08. The number of hydrogen-bond acceptors (Lipinski definition) is 4. The fourth-order valence-electron chi connectivity index (χ4n) is 1.97. The molecule has 1 N–H and O–H groups in total. The lowest BCUT2D eigenvalue weighted by molar-refractivity contribution is -0.111. The van der Waals surface area contributed by atoms with Crippen molar-refractivity contribution in [2.24, 2.45) is 0 Å². The van der Waals surface area contributed by atoms with Gasteiger partial charge in [-0.1, -0.05) is 23.7 Å². The zero-order valence-corrected chi connectivity index (χ0v) is 14.0. The predicted molar refractivity (Wildman–Crippen MR) is 93.4 cm³/mol. The summed E-state index contributed by atoms with van der Waals surface area (Å²) in [6.45, 7) is 0. The Balaban J connectivity index is 2.05. The van der Waals surface area contributed by atoms with Gasteiger partial charge in [0.2, 0.25) is 5.91 Å². The maximum absolute atomic E-state index is 12.0. The first kappa shape index (κ1) is 17.6. The van der Waals surface area contributed by atoms with Gasteiger partial charge in [-0.2, -0.15) is 0 Å². The fraction of sp³-hybridized carbons (Fsp3) is 0.111. The topological polar surface area (TPSA) is 64.6 Å². The van der Waals surface area contributed by atoms with Gasteiger partial charge in [-0.15, -0.1) is 0 Å². The molecule has 0 saturated heterocycles. The van der Waals surface area contributed by atoms with Crippen LogP contribution in [0.25, 0.3) is 6.08 Å². The molecular formula is C18H16ClNO4. The van der Waals surface area contributed by atoms with Crippen LogP contribution in [0.15, 0.2) is 48.5 Å². The van der Waals surface area contributed by atoms with Gasteiger partial charge in [0.1, 0.15) is 5.75 Å². The van der Waals surface area contributed by atoms with Crippen LogP contribution in [0.3, 0.4) is 0 Å². The van der Waals surface area contributed by atoms with E-state index in [1.165, 1.54) is 20.3 Å². The summed E-state index contributed by atoms with van der Waals surface area (Å²) in [6, 6.07) is 11.7. The Labute approximate surface area is 144 Å². The number of rotatable bonds is 5. The Hall–Kier alpha value is -2.79. The smallest absolute Gasteiger partial charge is 0.337 e. The molecule has 0 radical (unpaired) electrons. The lowest BCUT2D eigenvalue weighted by atomic mass is 10.1. The molecule has 0 aliphatic carbocycles. The Kier molecular flexibility index (Phi) is 5.98. The third kappa shape index (κ3) is 4.60. The van der Waals surface area contributed by atoms with Gasteiger partial charge in [-0.3, -0.25) is 4.79 Å². The molecule has 0 fully saturated rings. The van der Waals surface area contributed by atoms with Gasteiger partial charge in [0.05, 0.1) is 25.5 Å². The number of ether oxygens (including phenoxy) is 2. The van der Waals surface area contributed by atoms with Gasteiger partial charge in [0.15, 0.2) is 0 Å². The molecular weight excluding hydrogens is 330 g/mol. The van der Waals surface area contributed by atoms with Gasteiger partial charge in [-0.05, 0) is 42.0 Å². The van der Waals surface area contributed by atoms with Crippen molar-refractivity contribution in [1.29, 1.82) is 0 Å². The van der Waals surface area contributed by atoms with Crippen molar-refractivity contribution in [3.63, 3.8) is 0 Å². The molecule has 2 aromatic carbocycles. The Morgan fingerprint density at radius 2 is 1.79 bits per heavy atom. The van der Waals surface area contributed by atoms with Crippen LogP contribution in [0.2, 0.25) is 5.02 Å². The normalized spacial score (nSPS) is 10.5. The van der Waals surface area contributed by atoms with Crippen molar-refractivity contribution in [2.45, 2.75) is 0 Å². The number of carbonyl (C=O) groups excluding carboxylic acids is 2. The number of esters is 1. The molecule has 0 heterocycles. The zero-order valence-electron chi connectivity index (χ0n) is 13.2. The number of hydrogen-bond donors (Lipinski definition) is 1. The summed E-state index contributed by atoms with van der Waals surface area (Å²) in [6.07, 6.45) is 3.01. The summed E-state index contributed by atoms with van der Waals surface area (Å²) in [5.41, 5.74) is 1.71. The number of benzene rings is 2. The van der Waals surface area contributed by atoms with Crippen molar-refractivity contribution in [1.82, 2.24) is 0 Å². The molecule has 6 heteroatoms. The molecule has 2 rings (SSSR count). The Morgan fingerprint density at radius 1 is 1.08 bits per heavy atom. The minimum Gasteiger partial charge on any atom is -0.495 e. The third-order valence-electron chi connectivity index (χ3n) is 3.18. The quantitative estimate of drug-likeness (QED) is 0.661. The maximum atomic E-state index is 12.0. The first-order valence-corrected chi connectivity index (χ1v) is 7.42. The standard InChI is InChI=1S/C18H16ClNO4/c1-23-16-9-8-14(19)11-15(16)20-17(21)10-5-12-3-6-13(7-4-12)18(22)24-2/h3-11H,1-2H3,(H,20,21)/b10-5+. The van der Waals surface area contributed by atoms with Crippen molar-refractivity contribution < 1.29 is 19.1 Å². The van der Waals surface area contributed by atoms with Crippen LogP contribution in [0.1, 0.15) is 15.9 Å². The zero-order chi connectivity index (χ0) is 17.5. The van der Waals surface area contributed by atoms with E-state index < -0.39 is 5.97 Å². The molecule has 0 atom stereocenters. The van der Waals surface area contributed by atoms with Gasteiger partial charge in [0.25, 0.3) is 0 Å². The number of halogens is 1. The van der Waals surface area contributed by atoms with Gasteiger partial charge < -0.3 is 14.8 Å². The van der Waals surface area contributed by atoms with E-state index in [9.17, 15) is 9.59 Å². The molecule has 0 aromatic heterocycles. The Morgan fingerprint density at radius 3 is 2.42 bits per heavy atom. The van der Waals surface area contributed by atoms with Crippen LogP contribution < -0.4 is 10.1 Å². The number of methoxy groups -OCH3 is 2. The SMILES string of the molecule is COC(=O)c1ccc(/C=C/C(=O)Nc2cc(Cl)ccc2OC)cc1. The average molecular weight is 346 g/mol. The molecule has 0 bridgehead atoms. The number of carbonyl (C=O) groups is 2. The largest absolute Gasteiger partial charge is 0.495 e. The summed E-state index contributed by atoms with van der Waals surface area (Å²) in [7, 11) is 2.84. The van der Waals surface area contributed by atoms with Crippen LogP contribution in [-0.2, 0) is 9.53 Å². The minimum atomic E-state index is -0.406. The summed E-state index contributed by atoms with van der Waals surface area (Å²) in [4.78, 5) is 23.4. The highest BCUT2D eigenvalue weighted by Gasteiger charge is 2.06. The molecule has 2 aromatic rings. The Bertz CT molecular complexity index is 769. The van der Waals surface area contributed by atoms with Gasteiger partial charge >= 0.3 is 5.97 Å². The molecule has 0 unspecified atom stereocenters. The molecule has 0 aliphatic heterocycles. The highest BCUT2D eigenvalue weighted by molar-refractivity contribution is 6.31. The summed E-state index contributed by atoms with van der Waals surface area (Å²) >= 11 is 5.92. The van der Waals surface area contributed by atoms with E-state index in [2.05, 4.69) is 10.1 Å². The highest BCUT2D eigenvalue weighted by atomic mass is 35.5. The second-order valence-corrected chi connectivity index (χ2v) is 5.22. The van der Waals surface area contributed by atoms with Crippen molar-refractivity contribution in [3.05, 3.63) is 64.7 Å². The molecule has 24 heavy (non-hydrogen) atoms. The van der Waals surface area contributed by atoms with Crippen LogP contribution >= 0.6 is 11.6 Å². The number of amides is 1. The first-order valence-electron chi connectivity index (χ1n) is 7.04. The van der Waals surface area contributed by atoms with Crippen LogP contribution in [-0.4, -0.2) is 26.1 Å². The second kappa shape index (κ2) is 8.17. The molecule has 0 aliphatic rings. The van der Waals surface area contributed by atoms with Crippen molar-refractivity contribution in [2.75, 3.05) is 19.5 Å². The fourth-order valence-corrected chi connectivity index (χ4v) is 2.14. The van der Waals surface area contributed by atoms with E-state index in [-0.39, 0.29) is 5.91 Å². The molecule has 5 nitrogen and oxygen atoms in total. The van der Waals surface area contributed by atoms with Crippen LogP contribution in [0, 0.1) is 0 Å². The molecule has 0 spiro atoms. The van der Waals surface area contributed by atoms with E-state index in [1.54, 1.807) is 48.5 Å². The van der Waals surface area contributed by atoms with E-state index in [0.717, 1.165) is 5.56 Å². The molecule has 1 amide bonds. The monoisotopic (exact) mass is 345 g/mol. The lowest BCUT2D eigenvalue weighted by Gasteiger charge is -2.08. The van der Waals surface area contributed by atoms with Crippen LogP contribution in [0.4, 0.5) is 5.69 Å². The molecule has 0 saturated carbocycles. The van der Waals surface area contributed by atoms with E-state index in [0.29, 0.717) is 22.0 Å². The second-order valence-electron chi connectivity index (χ2n) is 4.78. The number of anilines is 1. The van der Waals surface area contributed by atoms with E-state index >= 15 is 0 Å². The average Bonchev–Trinajstić information content (AvgIpc) is 2.60. The number of nitrogens with one attached hydrogen (secondary N) is 1. The van der Waals surface area contributed by atoms with Crippen molar-refractivity contribution >= 4 is 35.2 Å². The molecule has 124 valence electrons. The minimum absolute atomic E-state index is 0.326. The van der Waals surface area contributed by atoms with E-state index in [4.69, 9.17) is 16.3 Å². The predicted octanol–water partition coefficient (Wildman–Crippen LogP) is 3.79. The summed E-state index contributed by atoms with van der Waals surface area (Å²) in [5, 5.41) is 3.20. The maximum Gasteiger partial charge on any atom is 0.337 e. The summed E-state index contributed by atoms with van der Waals surface area (Å²) < 4.78 is 9.80. The third-order valence-corrected chi connectivity index (χ3v) is 3.41. The van der Waals surface area contributed by atoms with E-state index in [1.807, 2.05) is 0 Å². The van der Waals surface area contributed by atoms with Gasteiger partial charge in [0, 0.05) is 11.1 Å². The highest BCUT2D eigenvalue weighted by Crippen LogP contribution is 2.27. The first-order chi connectivity index (χ1) is 11.5. The van der Waals surface area contributed by atoms with Crippen molar-refractivity contribution in [3.8, 4) is 5.75 Å². The van der Waals surface area contributed by atoms with Crippen LogP contribution in [0.5, 0.6) is 5.75 Å². The van der Waals surface area contributed by atoms with Gasteiger partial charge in [-0.25, -0.2) is 4.79 Å².